The molecule has 0 aromatic carbocycles. The molecule has 1 unspecified atom stereocenters. The van der Waals surface area contributed by atoms with Crippen molar-refractivity contribution >= 4 is 46.3 Å². The van der Waals surface area contributed by atoms with Gasteiger partial charge in [-0.1, -0.05) is 11.8 Å². The summed E-state index contributed by atoms with van der Waals surface area (Å²) in [6.07, 6.45) is 3.26. The molecule has 5 rings (SSSR count). The number of carbonyl (C=O) groups is 2. The first kappa shape index (κ1) is 23.9. The van der Waals surface area contributed by atoms with E-state index in [0.717, 1.165) is 11.3 Å². The van der Waals surface area contributed by atoms with Crippen LogP contribution in [-0.4, -0.2) is 56.6 Å². The lowest BCUT2D eigenvalue weighted by molar-refractivity contribution is -0.120. The van der Waals surface area contributed by atoms with Crippen molar-refractivity contribution in [2.45, 2.75) is 26.3 Å². The Morgan fingerprint density at radius 3 is 2.53 bits per heavy atom. The normalized spacial score (nSPS) is 17.5. The topological polar surface area (TPSA) is 121 Å². The number of anilines is 2. The van der Waals surface area contributed by atoms with Crippen molar-refractivity contribution in [3.8, 4) is 0 Å². The van der Waals surface area contributed by atoms with E-state index in [1.807, 2.05) is 54.4 Å². The molecule has 2 N–H and O–H groups in total. The zero-order chi connectivity index (χ0) is 25.7. The largest absolute Gasteiger partial charge is 0.477 e. The molecule has 3 aromatic heterocycles. The first-order chi connectivity index (χ1) is 17.1. The molecule has 0 bridgehead atoms. The second kappa shape index (κ2) is 8.98. The van der Waals surface area contributed by atoms with Gasteiger partial charge in [-0.25, -0.2) is 14.8 Å². The summed E-state index contributed by atoms with van der Waals surface area (Å²) in [5.74, 6) is -0.404. The van der Waals surface area contributed by atoms with Crippen LogP contribution in [0.5, 0.6) is 0 Å². The van der Waals surface area contributed by atoms with Gasteiger partial charge in [-0.2, -0.15) is 0 Å². The fraction of sp³-hybridized carbons (Fsp3) is 0.320. The number of nitrogens with zero attached hydrogens (tertiary/aromatic N) is 5. The smallest absolute Gasteiger partial charge is 0.341 e. The molecule has 1 fully saturated rings. The third kappa shape index (κ3) is 4.19. The number of carbonyl (C=O) groups excluding carboxylic acids is 1. The highest BCUT2D eigenvalue weighted by Crippen LogP contribution is 2.36. The number of aromatic nitrogens is 3. The maximum absolute atomic E-state index is 13.0. The highest BCUT2D eigenvalue weighted by Gasteiger charge is 2.35. The average molecular weight is 507 g/mol. The Labute approximate surface area is 211 Å². The van der Waals surface area contributed by atoms with Crippen LogP contribution in [0.4, 0.5) is 11.6 Å². The van der Waals surface area contributed by atoms with Crippen LogP contribution in [-0.2, 0) is 4.79 Å². The highest BCUT2D eigenvalue weighted by molar-refractivity contribution is 8.02. The molecule has 2 aliphatic rings. The van der Waals surface area contributed by atoms with Crippen molar-refractivity contribution in [3.63, 3.8) is 0 Å². The molecular formula is C25H26N6O4S. The maximum Gasteiger partial charge on any atom is 0.341 e. The number of fused-ring (bicyclic) bond motifs is 1. The maximum atomic E-state index is 13.0. The van der Waals surface area contributed by atoms with Gasteiger partial charge in [0.15, 0.2) is 5.50 Å². The van der Waals surface area contributed by atoms with Gasteiger partial charge in [0.05, 0.1) is 11.3 Å². The van der Waals surface area contributed by atoms with Gasteiger partial charge in [0.25, 0.3) is 0 Å². The Balaban J connectivity index is 1.44. The van der Waals surface area contributed by atoms with E-state index in [1.54, 1.807) is 17.6 Å². The fourth-order valence-corrected chi connectivity index (χ4v) is 5.54. The number of amides is 1. The van der Waals surface area contributed by atoms with Crippen LogP contribution in [0.3, 0.4) is 0 Å². The molecule has 11 heteroatoms. The van der Waals surface area contributed by atoms with Gasteiger partial charge in [-0.05, 0) is 55.5 Å². The molecule has 0 aliphatic carbocycles. The summed E-state index contributed by atoms with van der Waals surface area (Å²) >= 11 is 1.49. The minimum atomic E-state index is -1.27. The van der Waals surface area contributed by atoms with Gasteiger partial charge in [0, 0.05) is 38.2 Å². The van der Waals surface area contributed by atoms with Gasteiger partial charge >= 0.3 is 5.97 Å². The zero-order valence-corrected chi connectivity index (χ0v) is 21.2. The summed E-state index contributed by atoms with van der Waals surface area (Å²) in [5.41, 5.74) is 1.82. The molecule has 1 saturated heterocycles. The lowest BCUT2D eigenvalue weighted by Gasteiger charge is -2.39. The molecule has 0 spiro atoms. The molecule has 10 nitrogen and oxygen atoms in total. The zero-order valence-electron chi connectivity index (χ0n) is 20.3. The predicted octanol–water partition coefficient (Wildman–Crippen LogP) is 3.10. The number of pyridine rings is 3. The SMILES string of the molecule is Cc1cc(C)nc(NC(=O)C2CN(c3cc(C)c4c(=O)c(C(=O)O)cn(C5SC=CN5C)c4n3)C2)c1. The summed E-state index contributed by atoms with van der Waals surface area (Å²) in [5, 5.41) is 14.7. The number of aromatic carboxylic acids is 1. The number of thioether (sulfide) groups is 1. The first-order valence-corrected chi connectivity index (χ1v) is 12.4. The van der Waals surface area contributed by atoms with Gasteiger partial charge in [-0.3, -0.25) is 9.59 Å². The van der Waals surface area contributed by atoms with Crippen LogP contribution < -0.4 is 15.6 Å². The number of hydrogen-bond donors (Lipinski definition) is 2. The Hall–Kier alpha value is -3.86. The highest BCUT2D eigenvalue weighted by atomic mass is 32.2. The van der Waals surface area contributed by atoms with Crippen molar-refractivity contribution < 1.29 is 14.7 Å². The van der Waals surface area contributed by atoms with E-state index in [2.05, 4.69) is 10.3 Å². The number of rotatable bonds is 5. The average Bonchev–Trinajstić information content (AvgIpc) is 3.17. The molecule has 1 atom stereocenters. The predicted molar refractivity (Wildman–Crippen MR) is 139 cm³/mol. The molecule has 3 aromatic rings. The third-order valence-corrected chi connectivity index (χ3v) is 7.49. The summed E-state index contributed by atoms with van der Waals surface area (Å²) in [6.45, 7) is 6.58. The van der Waals surface area contributed by atoms with Gasteiger partial charge in [0.1, 0.15) is 22.8 Å². The van der Waals surface area contributed by atoms with E-state index in [9.17, 15) is 19.5 Å². The van der Waals surface area contributed by atoms with Crippen molar-refractivity contribution in [1.29, 1.82) is 0 Å². The summed E-state index contributed by atoms with van der Waals surface area (Å²) < 4.78 is 1.73. The fourth-order valence-electron chi connectivity index (χ4n) is 4.58. The monoisotopic (exact) mass is 506 g/mol. The minimum Gasteiger partial charge on any atom is -0.477 e. The van der Waals surface area contributed by atoms with Crippen LogP contribution >= 0.6 is 11.8 Å². The van der Waals surface area contributed by atoms with Crippen LogP contribution in [0.15, 0.2) is 40.8 Å². The quantitative estimate of drug-likeness (QED) is 0.538. The van der Waals surface area contributed by atoms with E-state index < -0.39 is 11.4 Å². The van der Waals surface area contributed by atoms with Gasteiger partial charge in [-0.15, -0.1) is 0 Å². The number of aryl methyl sites for hydroxylation is 3. The van der Waals surface area contributed by atoms with E-state index in [0.29, 0.717) is 35.9 Å². The van der Waals surface area contributed by atoms with E-state index in [4.69, 9.17) is 4.98 Å². The van der Waals surface area contributed by atoms with Crippen LogP contribution in [0, 0.1) is 26.7 Å². The van der Waals surface area contributed by atoms with Crippen molar-refractivity contribution in [1.82, 2.24) is 19.4 Å². The van der Waals surface area contributed by atoms with Crippen LogP contribution in [0.2, 0.25) is 0 Å². The molecule has 1 amide bonds. The molecule has 186 valence electrons. The standard InChI is InChI=1S/C25H26N6O4S/c1-13-7-15(3)26-18(8-13)27-23(33)16-10-30(11-16)19-9-14(2)20-21(32)17(24(34)35)12-31(22(20)28-19)25-29(4)5-6-36-25/h5-9,12,16,25H,10-11H2,1-4H3,(H,34,35)(H,26,27,33). The van der Waals surface area contributed by atoms with Crippen LogP contribution in [0.1, 0.15) is 32.7 Å². The van der Waals surface area contributed by atoms with Crippen LogP contribution in [0.25, 0.3) is 11.0 Å². The second-order valence-corrected chi connectivity index (χ2v) is 10.2. The second-order valence-electron chi connectivity index (χ2n) is 9.26. The first-order valence-electron chi connectivity index (χ1n) is 11.5. The van der Waals surface area contributed by atoms with Crippen molar-refractivity contribution in [2.75, 3.05) is 30.4 Å². The third-order valence-electron chi connectivity index (χ3n) is 6.41. The summed E-state index contributed by atoms with van der Waals surface area (Å²) in [4.78, 5) is 50.7. The number of carboxylic acids is 1. The molecule has 2 aliphatic heterocycles. The molecular weight excluding hydrogens is 480 g/mol. The Morgan fingerprint density at radius 1 is 1.14 bits per heavy atom. The van der Waals surface area contributed by atoms with E-state index in [-0.39, 0.29) is 28.3 Å². The number of hydrogen-bond acceptors (Lipinski definition) is 8. The van der Waals surface area contributed by atoms with Crippen molar-refractivity contribution in [3.05, 3.63) is 68.6 Å². The molecule has 0 radical (unpaired) electrons. The molecule has 0 saturated carbocycles. The Bertz CT molecular complexity index is 1470. The molecule has 36 heavy (non-hydrogen) atoms. The lowest BCUT2D eigenvalue weighted by Crippen LogP contribution is -2.52. The Morgan fingerprint density at radius 2 is 1.89 bits per heavy atom. The summed E-state index contributed by atoms with van der Waals surface area (Å²) in [7, 11) is 1.88. The van der Waals surface area contributed by atoms with E-state index >= 15 is 0 Å². The molecule has 5 heterocycles. The minimum absolute atomic E-state index is 0.0978. The van der Waals surface area contributed by atoms with Crippen molar-refractivity contribution in [2.24, 2.45) is 5.92 Å². The number of nitrogens with one attached hydrogen (secondary N) is 1. The summed E-state index contributed by atoms with van der Waals surface area (Å²) in [6, 6.07) is 5.57. The Kier molecular flexibility index (Phi) is 5.95. The van der Waals surface area contributed by atoms with E-state index in [1.165, 1.54) is 18.0 Å². The van der Waals surface area contributed by atoms with Gasteiger partial charge in [0.2, 0.25) is 11.3 Å². The van der Waals surface area contributed by atoms with Gasteiger partial charge < -0.3 is 24.8 Å². The lowest BCUT2D eigenvalue weighted by atomic mass is 9.98. The number of carboxylic acid groups (broad SMARTS) is 1.